The zero-order valence-electron chi connectivity index (χ0n) is 27.7. The van der Waals surface area contributed by atoms with Crippen molar-refractivity contribution in [3.8, 4) is 22.4 Å². The number of benzene rings is 6. The first-order chi connectivity index (χ1) is 24.5. The average molecular weight is 645 g/mol. The van der Waals surface area contributed by atoms with E-state index >= 15 is 0 Å². The van der Waals surface area contributed by atoms with Crippen molar-refractivity contribution in [3.63, 3.8) is 0 Å². The Morgan fingerprint density at radius 2 is 1.30 bits per heavy atom. The van der Waals surface area contributed by atoms with E-state index in [0.717, 1.165) is 66.6 Å². The Morgan fingerprint density at radius 1 is 0.620 bits per heavy atom. The lowest BCUT2D eigenvalue weighted by Gasteiger charge is -2.25. The molecule has 1 N–H and O–H groups in total. The molecule has 50 heavy (non-hydrogen) atoms. The smallest absolute Gasteiger partial charge is 0.159 e. The van der Waals surface area contributed by atoms with Gasteiger partial charge in [-0.1, -0.05) is 135 Å². The number of furan rings is 1. The van der Waals surface area contributed by atoms with E-state index in [0.29, 0.717) is 5.84 Å². The van der Waals surface area contributed by atoms with Crippen molar-refractivity contribution in [3.05, 3.63) is 173 Å². The molecule has 0 spiro atoms. The van der Waals surface area contributed by atoms with Crippen LogP contribution in [0, 0.1) is 0 Å². The van der Waals surface area contributed by atoms with Gasteiger partial charge in [-0.3, -0.25) is 0 Å². The molecule has 0 radical (unpaired) electrons. The minimum Gasteiger partial charge on any atom is -0.455 e. The van der Waals surface area contributed by atoms with Crippen molar-refractivity contribution in [1.82, 2.24) is 10.3 Å². The molecule has 0 fully saturated rings. The van der Waals surface area contributed by atoms with Gasteiger partial charge in [0.25, 0.3) is 0 Å². The predicted octanol–water partition coefficient (Wildman–Crippen LogP) is 10.6. The van der Waals surface area contributed by atoms with Gasteiger partial charge in [-0.2, -0.15) is 0 Å². The predicted molar refractivity (Wildman–Crippen MR) is 204 cm³/mol. The fraction of sp³-hybridized carbons (Fsp3) is 0.0889. The van der Waals surface area contributed by atoms with E-state index in [1.165, 1.54) is 22.3 Å². The number of para-hydroxylation sites is 2. The number of rotatable bonds is 4. The molecule has 1 aliphatic carbocycles. The lowest BCUT2D eigenvalue weighted by atomic mass is 9.82. The summed E-state index contributed by atoms with van der Waals surface area (Å²) in [4.78, 5) is 15.5. The van der Waals surface area contributed by atoms with Gasteiger partial charge in [0.05, 0.1) is 16.6 Å². The fourth-order valence-electron chi connectivity index (χ4n) is 7.78. The summed E-state index contributed by atoms with van der Waals surface area (Å²) < 4.78 is 6.43. The maximum absolute atomic E-state index is 6.43. The Labute approximate surface area is 289 Å². The van der Waals surface area contributed by atoms with Crippen LogP contribution < -0.4 is 5.32 Å². The Morgan fingerprint density at radius 3 is 2.16 bits per heavy atom. The molecule has 1 aliphatic heterocycles. The molecule has 3 heterocycles. The van der Waals surface area contributed by atoms with Crippen LogP contribution in [0.25, 0.3) is 55.2 Å². The lowest BCUT2D eigenvalue weighted by molar-refractivity contribution is 0.658. The maximum atomic E-state index is 6.43. The standard InChI is InChI=1S/C45H32N4O/c1-45(2)35-17-9-6-14-31(35)32-25-24-30(26-36(32)45)44-48-42(28-12-4-3-5-13-28)47-43(49-44)29-22-20-27(21-23-29)40-39-34-16-8-11-19-38(34)50-41(39)33-15-7-10-18-37(33)46-40/h3-26,42H,1-2H3,(H,47,48,49). The van der Waals surface area contributed by atoms with E-state index in [-0.39, 0.29) is 11.6 Å². The molecule has 238 valence electrons. The topological polar surface area (TPSA) is 62.8 Å². The summed E-state index contributed by atoms with van der Waals surface area (Å²) >= 11 is 0. The third-order valence-electron chi connectivity index (χ3n) is 10.3. The van der Waals surface area contributed by atoms with Crippen molar-refractivity contribution in [2.75, 3.05) is 0 Å². The van der Waals surface area contributed by atoms with Crippen LogP contribution >= 0.6 is 0 Å². The van der Waals surface area contributed by atoms with Crippen LogP contribution in [0.5, 0.6) is 0 Å². The number of aliphatic imine (C=N–C) groups is 2. The first-order valence-electron chi connectivity index (χ1n) is 17.1. The summed E-state index contributed by atoms with van der Waals surface area (Å²) in [7, 11) is 0. The summed E-state index contributed by atoms with van der Waals surface area (Å²) in [5.41, 5.74) is 12.8. The Balaban J connectivity index is 1.08. The summed E-state index contributed by atoms with van der Waals surface area (Å²) in [5.74, 6) is 1.50. The number of pyridine rings is 1. The summed E-state index contributed by atoms with van der Waals surface area (Å²) in [6, 6.07) is 50.7. The number of fused-ring (bicyclic) bond motifs is 8. The molecular weight excluding hydrogens is 613 g/mol. The lowest BCUT2D eigenvalue weighted by Crippen LogP contribution is -2.33. The Bertz CT molecular complexity index is 2700. The van der Waals surface area contributed by atoms with Gasteiger partial charge in [0, 0.05) is 32.9 Å². The van der Waals surface area contributed by atoms with Gasteiger partial charge in [0.1, 0.15) is 23.2 Å². The van der Waals surface area contributed by atoms with Gasteiger partial charge in [-0.05, 0) is 52.1 Å². The second-order valence-electron chi connectivity index (χ2n) is 13.7. The minimum atomic E-state index is -0.282. The second kappa shape index (κ2) is 10.8. The summed E-state index contributed by atoms with van der Waals surface area (Å²) in [6.45, 7) is 4.62. The highest BCUT2D eigenvalue weighted by atomic mass is 16.3. The van der Waals surface area contributed by atoms with Crippen molar-refractivity contribution in [2.45, 2.75) is 25.4 Å². The van der Waals surface area contributed by atoms with Crippen LogP contribution in [0.2, 0.25) is 0 Å². The van der Waals surface area contributed by atoms with Gasteiger partial charge in [0.15, 0.2) is 5.84 Å². The first-order valence-corrected chi connectivity index (χ1v) is 17.1. The molecule has 0 saturated heterocycles. The third kappa shape index (κ3) is 4.36. The normalized spacial score (nSPS) is 16.2. The van der Waals surface area contributed by atoms with Crippen molar-refractivity contribution in [1.29, 1.82) is 0 Å². The SMILES string of the molecule is CC1(C)c2ccccc2-c2ccc(C3=NC(c4ccc(-c5nc6ccccc6c6oc7ccccc7c56)cc4)=NC(c4ccccc4)N3)cc21. The van der Waals surface area contributed by atoms with Crippen LogP contribution in [-0.2, 0) is 5.41 Å². The van der Waals surface area contributed by atoms with E-state index in [2.05, 4.69) is 122 Å². The zero-order chi connectivity index (χ0) is 33.4. The van der Waals surface area contributed by atoms with E-state index in [1.54, 1.807) is 0 Å². The molecule has 8 aromatic rings. The van der Waals surface area contributed by atoms with Crippen LogP contribution in [0.15, 0.2) is 160 Å². The zero-order valence-corrected chi connectivity index (χ0v) is 27.7. The third-order valence-corrected chi connectivity index (χ3v) is 10.3. The van der Waals surface area contributed by atoms with Gasteiger partial charge in [0.2, 0.25) is 0 Å². The molecule has 5 nitrogen and oxygen atoms in total. The van der Waals surface area contributed by atoms with Gasteiger partial charge < -0.3 is 9.73 Å². The average Bonchev–Trinajstić information content (AvgIpc) is 3.68. The molecule has 1 atom stereocenters. The molecule has 0 saturated carbocycles. The van der Waals surface area contributed by atoms with E-state index in [9.17, 15) is 0 Å². The monoisotopic (exact) mass is 644 g/mol. The van der Waals surface area contributed by atoms with E-state index < -0.39 is 0 Å². The number of hydrogen-bond acceptors (Lipinski definition) is 5. The highest BCUT2D eigenvalue weighted by Crippen LogP contribution is 2.49. The first kappa shape index (κ1) is 28.7. The highest BCUT2D eigenvalue weighted by Gasteiger charge is 2.35. The van der Waals surface area contributed by atoms with Crippen LogP contribution in [0.3, 0.4) is 0 Å². The molecule has 1 unspecified atom stereocenters. The molecule has 6 aromatic carbocycles. The molecule has 5 heteroatoms. The minimum absolute atomic E-state index is 0.106. The Kier molecular flexibility index (Phi) is 6.21. The summed E-state index contributed by atoms with van der Waals surface area (Å²) in [5, 5.41) is 6.75. The van der Waals surface area contributed by atoms with Crippen molar-refractivity contribution >= 4 is 44.5 Å². The van der Waals surface area contributed by atoms with Crippen LogP contribution in [0.1, 0.15) is 47.8 Å². The highest BCUT2D eigenvalue weighted by molar-refractivity contribution is 6.19. The fourth-order valence-corrected chi connectivity index (χ4v) is 7.78. The van der Waals surface area contributed by atoms with Crippen LogP contribution in [0.4, 0.5) is 0 Å². The number of amidine groups is 2. The molecule has 10 rings (SSSR count). The molecule has 2 aliphatic rings. The molecule has 2 aromatic heterocycles. The number of aromatic nitrogens is 1. The van der Waals surface area contributed by atoms with Crippen molar-refractivity contribution < 1.29 is 4.42 Å². The Hall–Kier alpha value is -6.33. The number of nitrogens with one attached hydrogen (secondary N) is 1. The molecule has 0 bridgehead atoms. The second-order valence-corrected chi connectivity index (χ2v) is 13.7. The number of hydrogen-bond donors (Lipinski definition) is 1. The molecule has 0 amide bonds. The van der Waals surface area contributed by atoms with Gasteiger partial charge >= 0.3 is 0 Å². The largest absolute Gasteiger partial charge is 0.455 e. The van der Waals surface area contributed by atoms with E-state index in [4.69, 9.17) is 19.4 Å². The van der Waals surface area contributed by atoms with Crippen molar-refractivity contribution in [2.24, 2.45) is 9.98 Å². The number of nitrogens with zero attached hydrogens (tertiary/aromatic N) is 3. The maximum Gasteiger partial charge on any atom is 0.159 e. The van der Waals surface area contributed by atoms with E-state index in [1.807, 2.05) is 42.5 Å². The van der Waals surface area contributed by atoms with Crippen LogP contribution in [-0.4, -0.2) is 16.7 Å². The molecular formula is C45H32N4O. The van der Waals surface area contributed by atoms with Gasteiger partial charge in [-0.15, -0.1) is 0 Å². The summed E-state index contributed by atoms with van der Waals surface area (Å²) in [6.07, 6.45) is -0.282. The van der Waals surface area contributed by atoms with Gasteiger partial charge in [-0.25, -0.2) is 15.0 Å². The quantitative estimate of drug-likeness (QED) is 0.207.